The van der Waals surface area contributed by atoms with Gasteiger partial charge in [-0.2, -0.15) is 0 Å². The Morgan fingerprint density at radius 3 is 2.84 bits per heavy atom. The van der Waals surface area contributed by atoms with Crippen molar-refractivity contribution in [2.75, 3.05) is 5.32 Å². The van der Waals surface area contributed by atoms with Gasteiger partial charge in [0, 0.05) is 0 Å². The molecule has 3 aromatic rings. The first-order valence-corrected chi connectivity index (χ1v) is 8.50. The molecule has 0 aliphatic heterocycles. The molecule has 5 nitrogen and oxygen atoms in total. The fraction of sp³-hybridized carbons (Fsp3) is 0.118. The minimum atomic E-state index is -1.05. The molecule has 1 atom stereocenters. The highest BCUT2D eigenvalue weighted by Gasteiger charge is 2.20. The lowest BCUT2D eigenvalue weighted by molar-refractivity contribution is -0.123. The van der Waals surface area contributed by atoms with E-state index in [1.54, 1.807) is 23.7 Å². The van der Waals surface area contributed by atoms with Crippen LogP contribution < -0.4 is 5.32 Å². The molecule has 1 N–H and O–H groups in total. The molecule has 0 aliphatic carbocycles. The van der Waals surface area contributed by atoms with E-state index in [1.165, 1.54) is 30.4 Å². The lowest BCUT2D eigenvalue weighted by Gasteiger charge is -2.14. The number of thiazole rings is 1. The largest absolute Gasteiger partial charge is 0.449 e. The van der Waals surface area contributed by atoms with Crippen molar-refractivity contribution in [3.05, 3.63) is 58.3 Å². The van der Waals surface area contributed by atoms with Gasteiger partial charge in [-0.05, 0) is 43.3 Å². The first-order valence-electron chi connectivity index (χ1n) is 7.24. The summed E-state index contributed by atoms with van der Waals surface area (Å²) in [6, 6.07) is 8.55. The Balaban J connectivity index is 1.66. The van der Waals surface area contributed by atoms with Crippen molar-refractivity contribution in [1.29, 1.82) is 0 Å². The third-order valence-electron chi connectivity index (χ3n) is 3.41. The molecule has 0 unspecified atom stereocenters. The van der Waals surface area contributed by atoms with Crippen molar-refractivity contribution >= 4 is 50.7 Å². The highest BCUT2D eigenvalue weighted by Crippen LogP contribution is 2.23. The lowest BCUT2D eigenvalue weighted by Crippen LogP contribution is -2.30. The second kappa shape index (κ2) is 7.16. The first-order chi connectivity index (χ1) is 11.9. The molecule has 1 heterocycles. The summed E-state index contributed by atoms with van der Waals surface area (Å²) in [6.07, 6.45) is -1.05. The molecule has 0 bridgehead atoms. The number of nitrogens with one attached hydrogen (secondary N) is 1. The van der Waals surface area contributed by atoms with Crippen LogP contribution in [0.2, 0.25) is 5.02 Å². The van der Waals surface area contributed by atoms with Gasteiger partial charge in [0.15, 0.2) is 6.10 Å². The summed E-state index contributed by atoms with van der Waals surface area (Å²) in [6.45, 7) is 1.44. The molecule has 2 aromatic carbocycles. The Labute approximate surface area is 151 Å². The number of anilines is 1. The zero-order valence-electron chi connectivity index (χ0n) is 13.0. The number of halogens is 2. The number of benzene rings is 2. The number of fused-ring (bicyclic) bond motifs is 1. The van der Waals surface area contributed by atoms with Gasteiger partial charge >= 0.3 is 5.97 Å². The molecule has 25 heavy (non-hydrogen) atoms. The number of nitrogens with zero attached hydrogens (tertiary/aromatic N) is 1. The molecule has 0 aliphatic rings. The van der Waals surface area contributed by atoms with Crippen molar-refractivity contribution in [2.45, 2.75) is 13.0 Å². The number of esters is 1. The quantitative estimate of drug-likeness (QED) is 0.688. The predicted octanol–water partition coefficient (Wildman–Crippen LogP) is 4.27. The zero-order chi connectivity index (χ0) is 18.0. The fourth-order valence-electron chi connectivity index (χ4n) is 2.09. The maximum Gasteiger partial charge on any atom is 0.338 e. The van der Waals surface area contributed by atoms with Crippen molar-refractivity contribution in [3.8, 4) is 0 Å². The van der Waals surface area contributed by atoms with E-state index in [0.29, 0.717) is 5.56 Å². The summed E-state index contributed by atoms with van der Waals surface area (Å²) in [7, 11) is 0. The van der Waals surface area contributed by atoms with Crippen LogP contribution in [0.15, 0.2) is 41.9 Å². The molecule has 0 saturated heterocycles. The zero-order valence-corrected chi connectivity index (χ0v) is 14.5. The molecule has 8 heteroatoms. The molecular weight excluding hydrogens is 367 g/mol. The molecule has 3 rings (SSSR count). The highest BCUT2D eigenvalue weighted by atomic mass is 35.5. The van der Waals surface area contributed by atoms with Crippen LogP contribution in [-0.4, -0.2) is 23.0 Å². The number of aromatic nitrogens is 1. The third-order valence-corrected chi connectivity index (χ3v) is 4.51. The molecule has 1 amide bonds. The first kappa shape index (κ1) is 17.3. The van der Waals surface area contributed by atoms with Crippen molar-refractivity contribution in [1.82, 2.24) is 4.98 Å². The van der Waals surface area contributed by atoms with Crippen molar-refractivity contribution < 1.29 is 18.7 Å². The van der Waals surface area contributed by atoms with Gasteiger partial charge in [0.05, 0.1) is 32.0 Å². The Morgan fingerprint density at radius 2 is 2.08 bits per heavy atom. The predicted molar refractivity (Wildman–Crippen MR) is 94.5 cm³/mol. The average molecular weight is 379 g/mol. The van der Waals surface area contributed by atoms with E-state index in [4.69, 9.17) is 16.3 Å². The van der Waals surface area contributed by atoms with Crippen LogP contribution in [0, 0.1) is 5.82 Å². The summed E-state index contributed by atoms with van der Waals surface area (Å²) in [5, 5.41) is 2.55. The second-order valence-electron chi connectivity index (χ2n) is 5.20. The minimum Gasteiger partial charge on any atom is -0.449 e. The van der Waals surface area contributed by atoms with Gasteiger partial charge in [0.1, 0.15) is 5.82 Å². The van der Waals surface area contributed by atoms with E-state index in [2.05, 4.69) is 10.3 Å². The minimum absolute atomic E-state index is 0.0579. The van der Waals surface area contributed by atoms with E-state index in [0.717, 1.165) is 16.3 Å². The van der Waals surface area contributed by atoms with E-state index in [1.807, 2.05) is 0 Å². The Hall–Kier alpha value is -2.51. The molecule has 0 saturated carbocycles. The summed E-state index contributed by atoms with van der Waals surface area (Å²) in [5.41, 5.74) is 3.04. The smallest absolute Gasteiger partial charge is 0.338 e. The Bertz CT molecular complexity index is 960. The summed E-state index contributed by atoms with van der Waals surface area (Å²) < 4.78 is 19.0. The maximum absolute atomic E-state index is 13.0. The average Bonchev–Trinajstić information content (AvgIpc) is 3.04. The molecule has 1 aromatic heterocycles. The van der Waals surface area contributed by atoms with Crippen LogP contribution in [0.5, 0.6) is 0 Å². The van der Waals surface area contributed by atoms with Crippen LogP contribution in [0.25, 0.3) is 10.2 Å². The molecule has 0 fully saturated rings. The topological polar surface area (TPSA) is 68.3 Å². The third kappa shape index (κ3) is 3.94. The van der Waals surface area contributed by atoms with Gasteiger partial charge in [0.2, 0.25) is 0 Å². The van der Waals surface area contributed by atoms with Crippen LogP contribution >= 0.6 is 22.9 Å². The molecule has 0 spiro atoms. The Kier molecular flexibility index (Phi) is 4.96. The van der Waals surface area contributed by atoms with Crippen molar-refractivity contribution in [3.63, 3.8) is 0 Å². The van der Waals surface area contributed by atoms with Crippen LogP contribution in [0.1, 0.15) is 17.3 Å². The van der Waals surface area contributed by atoms with Gasteiger partial charge in [-0.3, -0.25) is 4.79 Å². The summed E-state index contributed by atoms with van der Waals surface area (Å²) in [4.78, 5) is 28.5. The number of carbonyl (C=O) groups excluding carboxylic acids is 2. The number of ether oxygens (including phenoxy) is 1. The van der Waals surface area contributed by atoms with Crippen LogP contribution in [0.4, 0.5) is 10.1 Å². The van der Waals surface area contributed by atoms with Crippen LogP contribution in [-0.2, 0) is 9.53 Å². The monoisotopic (exact) mass is 378 g/mol. The van der Waals surface area contributed by atoms with E-state index in [-0.39, 0.29) is 10.7 Å². The number of rotatable bonds is 4. The molecule has 0 radical (unpaired) electrons. The molecule has 128 valence electrons. The Morgan fingerprint density at radius 1 is 1.28 bits per heavy atom. The van der Waals surface area contributed by atoms with Gasteiger partial charge in [-0.25, -0.2) is 14.2 Å². The van der Waals surface area contributed by atoms with Gasteiger partial charge in [0.25, 0.3) is 5.91 Å². The number of carbonyl (C=O) groups is 2. The number of hydrogen-bond donors (Lipinski definition) is 1. The summed E-state index contributed by atoms with van der Waals surface area (Å²) in [5.74, 6) is -1.70. The fourth-order valence-corrected chi connectivity index (χ4v) is 3.02. The highest BCUT2D eigenvalue weighted by molar-refractivity contribution is 7.16. The van der Waals surface area contributed by atoms with Crippen molar-refractivity contribution in [2.24, 2.45) is 0 Å². The second-order valence-corrected chi connectivity index (χ2v) is 6.49. The number of hydrogen-bond acceptors (Lipinski definition) is 5. The maximum atomic E-state index is 13.0. The van der Waals surface area contributed by atoms with E-state index in [9.17, 15) is 14.0 Å². The van der Waals surface area contributed by atoms with Gasteiger partial charge in [-0.15, -0.1) is 11.3 Å². The normalized spacial score (nSPS) is 12.0. The van der Waals surface area contributed by atoms with Gasteiger partial charge in [-0.1, -0.05) is 11.6 Å². The van der Waals surface area contributed by atoms with Gasteiger partial charge < -0.3 is 10.1 Å². The molecular formula is C17H12ClFN2O3S. The summed E-state index contributed by atoms with van der Waals surface area (Å²) >= 11 is 7.26. The number of amides is 1. The lowest BCUT2D eigenvalue weighted by atomic mass is 10.2. The SMILES string of the molecule is C[C@H](OC(=O)c1ccc2ncsc2c1)C(=O)Nc1ccc(F)cc1Cl. The van der Waals surface area contributed by atoms with E-state index >= 15 is 0 Å². The standard InChI is InChI=1S/C17H12ClFN2O3S/c1-9(16(22)21-13-5-3-11(19)7-12(13)18)24-17(23)10-2-4-14-15(6-10)25-8-20-14/h2-9H,1H3,(H,21,22)/t9-/m0/s1. The van der Waals surface area contributed by atoms with Crippen LogP contribution in [0.3, 0.4) is 0 Å². The van der Waals surface area contributed by atoms with E-state index < -0.39 is 23.8 Å².